The Morgan fingerprint density at radius 3 is 3.07 bits per heavy atom. The van der Waals surface area contributed by atoms with Crippen LogP contribution in [0.3, 0.4) is 0 Å². The van der Waals surface area contributed by atoms with E-state index in [1.807, 2.05) is 18.8 Å². The molecule has 1 nitrogen and oxygen atoms in total. The topological polar surface area (TPSA) is 12.0 Å². The lowest BCUT2D eigenvalue weighted by atomic mass is 10.2. The van der Waals surface area contributed by atoms with Crippen molar-refractivity contribution in [2.75, 3.05) is 13.6 Å². The summed E-state index contributed by atoms with van der Waals surface area (Å²) in [4.78, 5) is 1.41. The van der Waals surface area contributed by atoms with E-state index in [0.717, 1.165) is 6.54 Å². The van der Waals surface area contributed by atoms with E-state index in [2.05, 4.69) is 42.6 Å². The largest absolute Gasteiger partial charge is 0.316 e. The third kappa shape index (κ3) is 4.68. The molecule has 0 amide bonds. The molecule has 0 aromatic carbocycles. The Kier molecular flexibility index (Phi) is 5.72. The summed E-state index contributed by atoms with van der Waals surface area (Å²) in [5.74, 6) is 0. The van der Waals surface area contributed by atoms with Crippen molar-refractivity contribution in [2.45, 2.75) is 25.0 Å². The van der Waals surface area contributed by atoms with Crippen molar-refractivity contribution in [2.24, 2.45) is 0 Å². The molecule has 0 aromatic rings. The Morgan fingerprint density at radius 1 is 1.57 bits per heavy atom. The van der Waals surface area contributed by atoms with Crippen LogP contribution in [0, 0.1) is 0 Å². The molecule has 1 aliphatic carbocycles. The van der Waals surface area contributed by atoms with Crippen molar-refractivity contribution < 1.29 is 0 Å². The van der Waals surface area contributed by atoms with E-state index in [0.29, 0.717) is 5.25 Å². The van der Waals surface area contributed by atoms with E-state index < -0.39 is 0 Å². The number of nitrogens with one attached hydrogen (secondary N) is 1. The smallest absolute Gasteiger partial charge is 0.0246 e. The predicted molar refractivity (Wildman–Crippen MR) is 66.6 cm³/mol. The van der Waals surface area contributed by atoms with Crippen LogP contribution in [0.2, 0.25) is 0 Å². The Labute approximate surface area is 91.4 Å². The maximum absolute atomic E-state index is 3.10. The van der Waals surface area contributed by atoms with Gasteiger partial charge in [0.2, 0.25) is 0 Å². The van der Waals surface area contributed by atoms with Crippen LogP contribution < -0.4 is 5.32 Å². The Bertz CT molecular complexity index is 241. The van der Waals surface area contributed by atoms with Gasteiger partial charge >= 0.3 is 0 Å². The van der Waals surface area contributed by atoms with Gasteiger partial charge in [0.1, 0.15) is 0 Å². The summed E-state index contributed by atoms with van der Waals surface area (Å²) in [7, 11) is 1.97. The summed E-state index contributed by atoms with van der Waals surface area (Å²) < 4.78 is 0. The van der Waals surface area contributed by atoms with Gasteiger partial charge in [-0.2, -0.15) is 0 Å². The van der Waals surface area contributed by atoms with Gasteiger partial charge in [-0.05, 0) is 26.8 Å². The number of thioether (sulfide) groups is 1. The number of allylic oxidation sites excluding steroid dienone is 3. The molecule has 0 bridgehead atoms. The minimum absolute atomic E-state index is 0.567. The zero-order valence-electron chi connectivity index (χ0n) is 8.99. The highest BCUT2D eigenvalue weighted by atomic mass is 32.2. The molecule has 78 valence electrons. The minimum atomic E-state index is 0.567. The van der Waals surface area contributed by atoms with Gasteiger partial charge in [-0.25, -0.2) is 0 Å². The second-order valence-corrected chi connectivity index (χ2v) is 4.85. The summed E-state index contributed by atoms with van der Waals surface area (Å²) in [6, 6.07) is 0. The van der Waals surface area contributed by atoms with Crippen molar-refractivity contribution >= 4 is 11.8 Å². The minimum Gasteiger partial charge on any atom is -0.316 e. The van der Waals surface area contributed by atoms with E-state index >= 15 is 0 Å². The van der Waals surface area contributed by atoms with Crippen LogP contribution in [0.1, 0.15) is 19.8 Å². The van der Waals surface area contributed by atoms with E-state index in [-0.39, 0.29) is 0 Å². The lowest BCUT2D eigenvalue weighted by molar-refractivity contribution is 0.916. The lowest BCUT2D eigenvalue weighted by Gasteiger charge is -2.09. The molecule has 14 heavy (non-hydrogen) atoms. The number of hydrogen-bond donors (Lipinski definition) is 1. The monoisotopic (exact) mass is 209 g/mol. The first-order valence-corrected chi connectivity index (χ1v) is 6.05. The molecular weight excluding hydrogens is 190 g/mol. The molecule has 0 radical (unpaired) electrons. The van der Waals surface area contributed by atoms with Crippen molar-refractivity contribution in [3.05, 3.63) is 35.3 Å². The maximum Gasteiger partial charge on any atom is 0.0246 e. The fraction of sp³-hybridized carbons (Fsp3) is 0.500. The van der Waals surface area contributed by atoms with Gasteiger partial charge < -0.3 is 5.32 Å². The van der Waals surface area contributed by atoms with Gasteiger partial charge in [-0.3, -0.25) is 0 Å². The molecule has 1 atom stereocenters. The van der Waals surface area contributed by atoms with Crippen molar-refractivity contribution in [1.82, 2.24) is 5.32 Å². The van der Waals surface area contributed by atoms with Crippen LogP contribution in [-0.2, 0) is 0 Å². The fourth-order valence-electron chi connectivity index (χ4n) is 1.31. The van der Waals surface area contributed by atoms with Crippen molar-refractivity contribution in [3.8, 4) is 0 Å². The molecular formula is C12H19NS. The first kappa shape index (κ1) is 11.6. The molecule has 0 fully saturated rings. The number of likely N-dealkylation sites (N-methyl/N-ethyl adjacent to an activating group) is 1. The average Bonchev–Trinajstić information content (AvgIpc) is 2.20. The molecule has 0 spiro atoms. The number of rotatable bonds is 5. The van der Waals surface area contributed by atoms with E-state index in [4.69, 9.17) is 0 Å². The summed E-state index contributed by atoms with van der Waals surface area (Å²) in [6.45, 7) is 3.19. The number of hydrogen-bond acceptors (Lipinski definition) is 2. The highest BCUT2D eigenvalue weighted by Crippen LogP contribution is 2.26. The standard InChI is InChI=1S/C12H19NS/c1-11(7-6-10-13-2)14-12-8-4-3-5-9-12/h4,6-9,11,13H,3,5,10H2,1-2H3. The zero-order valence-corrected chi connectivity index (χ0v) is 9.81. The molecule has 0 aliphatic heterocycles. The van der Waals surface area contributed by atoms with Gasteiger partial charge in [0.05, 0.1) is 0 Å². The van der Waals surface area contributed by atoms with Crippen LogP contribution in [0.15, 0.2) is 35.3 Å². The molecule has 0 aromatic heterocycles. The van der Waals surface area contributed by atoms with Gasteiger partial charge in [0.25, 0.3) is 0 Å². The lowest BCUT2D eigenvalue weighted by Crippen LogP contribution is -2.04. The summed E-state index contributed by atoms with van der Waals surface area (Å²) >= 11 is 1.93. The van der Waals surface area contributed by atoms with Crippen LogP contribution in [0.25, 0.3) is 0 Å². The second kappa shape index (κ2) is 6.91. The van der Waals surface area contributed by atoms with Gasteiger partial charge in [0.15, 0.2) is 0 Å². The summed E-state index contributed by atoms with van der Waals surface area (Å²) in [5.41, 5.74) is 0. The molecule has 1 N–H and O–H groups in total. The third-order valence-electron chi connectivity index (χ3n) is 2.01. The fourth-order valence-corrected chi connectivity index (χ4v) is 2.32. The van der Waals surface area contributed by atoms with Gasteiger partial charge in [0, 0.05) is 16.7 Å². The van der Waals surface area contributed by atoms with Crippen LogP contribution in [-0.4, -0.2) is 18.8 Å². The maximum atomic E-state index is 3.10. The van der Waals surface area contributed by atoms with Crippen molar-refractivity contribution in [3.63, 3.8) is 0 Å². The molecule has 0 saturated carbocycles. The molecule has 1 aliphatic rings. The predicted octanol–water partition coefficient (Wildman–Crippen LogP) is 3.12. The van der Waals surface area contributed by atoms with Crippen LogP contribution >= 0.6 is 11.8 Å². The van der Waals surface area contributed by atoms with Gasteiger partial charge in [-0.1, -0.05) is 30.4 Å². The van der Waals surface area contributed by atoms with Crippen molar-refractivity contribution in [1.29, 1.82) is 0 Å². The first-order chi connectivity index (χ1) is 6.83. The first-order valence-electron chi connectivity index (χ1n) is 5.17. The van der Waals surface area contributed by atoms with E-state index in [1.165, 1.54) is 17.7 Å². The zero-order chi connectivity index (χ0) is 10.2. The van der Waals surface area contributed by atoms with Gasteiger partial charge in [-0.15, -0.1) is 11.8 Å². The average molecular weight is 209 g/mol. The Hall–Kier alpha value is -0.470. The Morgan fingerprint density at radius 2 is 2.43 bits per heavy atom. The Balaban J connectivity index is 2.29. The SMILES string of the molecule is CNCC=CC(C)SC1=CCCC=C1. The quantitative estimate of drug-likeness (QED) is 0.698. The highest BCUT2D eigenvalue weighted by molar-refractivity contribution is 8.04. The molecule has 2 heteroatoms. The van der Waals surface area contributed by atoms with E-state index in [9.17, 15) is 0 Å². The highest BCUT2D eigenvalue weighted by Gasteiger charge is 2.02. The molecule has 0 heterocycles. The van der Waals surface area contributed by atoms with E-state index in [1.54, 1.807) is 0 Å². The molecule has 1 rings (SSSR count). The van der Waals surface area contributed by atoms with Crippen LogP contribution in [0.4, 0.5) is 0 Å². The van der Waals surface area contributed by atoms with Crippen LogP contribution in [0.5, 0.6) is 0 Å². The summed E-state index contributed by atoms with van der Waals surface area (Å²) in [6.07, 6.45) is 13.7. The molecule has 0 saturated heterocycles. The summed E-state index contributed by atoms with van der Waals surface area (Å²) in [5, 5.41) is 3.67. The normalized spacial score (nSPS) is 18.6. The molecule has 1 unspecified atom stereocenters. The second-order valence-electron chi connectivity index (χ2n) is 3.40. The third-order valence-corrected chi connectivity index (χ3v) is 3.12.